The molecule has 0 bridgehead atoms. The third kappa shape index (κ3) is 3.34. The second kappa shape index (κ2) is 6.18. The zero-order valence-electron chi connectivity index (χ0n) is 11.3. The summed E-state index contributed by atoms with van der Waals surface area (Å²) >= 11 is 0. The molecule has 0 spiro atoms. The molecule has 6 heteroatoms. The highest BCUT2D eigenvalue weighted by atomic mass is 19.1. The zero-order chi connectivity index (χ0) is 14.5. The molecule has 0 saturated heterocycles. The monoisotopic (exact) mass is 277 g/mol. The number of aromatic nitrogens is 2. The van der Waals surface area contributed by atoms with E-state index in [-0.39, 0.29) is 17.7 Å². The van der Waals surface area contributed by atoms with Crippen molar-refractivity contribution in [1.82, 2.24) is 15.5 Å². The smallest absolute Gasteiger partial charge is 0.261 e. The Kier molecular flexibility index (Phi) is 4.34. The Labute approximate surface area is 116 Å². The molecular formula is C14H16FN3O2. The van der Waals surface area contributed by atoms with Crippen LogP contribution < -0.4 is 10.1 Å². The van der Waals surface area contributed by atoms with Gasteiger partial charge in [0.15, 0.2) is 17.7 Å². The number of carbonyl (C=O) groups is 1. The quantitative estimate of drug-likeness (QED) is 0.880. The number of hydrogen-bond donors (Lipinski definition) is 2. The van der Waals surface area contributed by atoms with Crippen molar-refractivity contribution in [2.75, 3.05) is 0 Å². The van der Waals surface area contributed by atoms with Gasteiger partial charge in [0.25, 0.3) is 5.91 Å². The fraction of sp³-hybridized carbons (Fsp3) is 0.286. The van der Waals surface area contributed by atoms with Gasteiger partial charge in [-0.2, -0.15) is 5.10 Å². The molecule has 2 unspecified atom stereocenters. The fourth-order valence-electron chi connectivity index (χ4n) is 1.70. The number of para-hydroxylation sites is 1. The van der Waals surface area contributed by atoms with E-state index in [4.69, 9.17) is 4.74 Å². The molecule has 2 N–H and O–H groups in total. The average molecular weight is 277 g/mol. The van der Waals surface area contributed by atoms with Crippen LogP contribution in [0.3, 0.4) is 0 Å². The number of rotatable bonds is 5. The number of nitrogens with one attached hydrogen (secondary N) is 2. The molecule has 0 fully saturated rings. The molecule has 0 aliphatic heterocycles. The van der Waals surface area contributed by atoms with Gasteiger partial charge in [0.1, 0.15) is 0 Å². The summed E-state index contributed by atoms with van der Waals surface area (Å²) in [7, 11) is 0. The van der Waals surface area contributed by atoms with E-state index in [9.17, 15) is 9.18 Å². The normalized spacial score (nSPS) is 13.6. The molecule has 1 aromatic carbocycles. The first kappa shape index (κ1) is 14.0. The Hall–Kier alpha value is -2.37. The number of ether oxygens (including phenoxy) is 1. The van der Waals surface area contributed by atoms with Crippen LogP contribution in [0.1, 0.15) is 25.5 Å². The van der Waals surface area contributed by atoms with Crippen molar-refractivity contribution < 1.29 is 13.9 Å². The van der Waals surface area contributed by atoms with Crippen LogP contribution in [-0.4, -0.2) is 22.2 Å². The third-order valence-corrected chi connectivity index (χ3v) is 2.89. The van der Waals surface area contributed by atoms with Crippen LogP contribution in [0.15, 0.2) is 36.7 Å². The van der Waals surface area contributed by atoms with Crippen LogP contribution in [0.4, 0.5) is 4.39 Å². The second-order valence-corrected chi connectivity index (χ2v) is 4.45. The molecule has 0 aliphatic carbocycles. The molecule has 0 aliphatic rings. The van der Waals surface area contributed by atoms with Gasteiger partial charge in [0, 0.05) is 11.8 Å². The Bertz CT molecular complexity index is 572. The van der Waals surface area contributed by atoms with E-state index in [1.54, 1.807) is 31.5 Å². The standard InChI is InChI=1S/C14H16FN3O2/c1-9(11-7-16-17-8-11)18-14(19)10(2)20-13-6-4-3-5-12(13)15/h3-10H,1-2H3,(H,16,17)(H,18,19). The maximum atomic E-state index is 13.4. The number of hydrogen-bond acceptors (Lipinski definition) is 3. The molecule has 2 atom stereocenters. The van der Waals surface area contributed by atoms with Crippen LogP contribution in [0.5, 0.6) is 5.75 Å². The summed E-state index contributed by atoms with van der Waals surface area (Å²) in [5, 5.41) is 9.27. The molecule has 20 heavy (non-hydrogen) atoms. The summed E-state index contributed by atoms with van der Waals surface area (Å²) in [6.07, 6.45) is 2.54. The zero-order valence-corrected chi connectivity index (χ0v) is 11.3. The van der Waals surface area contributed by atoms with Gasteiger partial charge in [-0.05, 0) is 26.0 Å². The van der Waals surface area contributed by atoms with Crippen LogP contribution in [0, 0.1) is 5.82 Å². The van der Waals surface area contributed by atoms with Gasteiger partial charge in [0.05, 0.1) is 12.2 Å². The van der Waals surface area contributed by atoms with Crippen LogP contribution in [-0.2, 0) is 4.79 Å². The van der Waals surface area contributed by atoms with Gasteiger partial charge < -0.3 is 10.1 Å². The van der Waals surface area contributed by atoms with Crippen LogP contribution >= 0.6 is 0 Å². The van der Waals surface area contributed by atoms with Gasteiger partial charge in [0.2, 0.25) is 0 Å². The Morgan fingerprint density at radius 3 is 2.80 bits per heavy atom. The Morgan fingerprint density at radius 1 is 1.40 bits per heavy atom. The summed E-state index contributed by atoms with van der Waals surface area (Å²) in [4.78, 5) is 12.0. The van der Waals surface area contributed by atoms with Gasteiger partial charge in [-0.3, -0.25) is 9.89 Å². The lowest BCUT2D eigenvalue weighted by Gasteiger charge is -2.18. The molecular weight excluding hydrogens is 261 g/mol. The second-order valence-electron chi connectivity index (χ2n) is 4.45. The van der Waals surface area contributed by atoms with Crippen molar-refractivity contribution in [3.05, 3.63) is 48.0 Å². The van der Waals surface area contributed by atoms with Crippen molar-refractivity contribution in [3.8, 4) is 5.75 Å². The Balaban J connectivity index is 1.94. The van der Waals surface area contributed by atoms with Crippen molar-refractivity contribution >= 4 is 5.91 Å². The number of aromatic amines is 1. The number of carbonyl (C=O) groups excluding carboxylic acids is 1. The third-order valence-electron chi connectivity index (χ3n) is 2.89. The number of H-pyrrole nitrogens is 1. The number of amides is 1. The largest absolute Gasteiger partial charge is 0.478 e. The minimum absolute atomic E-state index is 0.0612. The average Bonchev–Trinajstić information content (AvgIpc) is 2.95. The number of nitrogens with zero attached hydrogens (tertiary/aromatic N) is 1. The highest BCUT2D eigenvalue weighted by molar-refractivity contribution is 5.81. The number of benzene rings is 1. The lowest BCUT2D eigenvalue weighted by molar-refractivity contribution is -0.128. The van der Waals surface area contributed by atoms with Crippen molar-refractivity contribution in [2.45, 2.75) is 26.0 Å². The van der Waals surface area contributed by atoms with Crippen molar-refractivity contribution in [1.29, 1.82) is 0 Å². The van der Waals surface area contributed by atoms with E-state index in [1.807, 2.05) is 6.92 Å². The van der Waals surface area contributed by atoms with E-state index in [1.165, 1.54) is 12.1 Å². The Morgan fingerprint density at radius 2 is 2.15 bits per heavy atom. The summed E-state index contributed by atoms with van der Waals surface area (Å²) in [5.74, 6) is -0.747. The lowest BCUT2D eigenvalue weighted by Crippen LogP contribution is -2.37. The molecule has 2 rings (SSSR count). The maximum absolute atomic E-state index is 13.4. The predicted octanol–water partition coefficient (Wildman–Crippen LogP) is 2.19. The topological polar surface area (TPSA) is 67.0 Å². The molecule has 1 amide bonds. The first-order valence-corrected chi connectivity index (χ1v) is 6.28. The molecule has 0 saturated carbocycles. The molecule has 0 radical (unpaired) electrons. The highest BCUT2D eigenvalue weighted by Gasteiger charge is 2.19. The first-order valence-electron chi connectivity index (χ1n) is 6.28. The molecule has 1 aromatic heterocycles. The lowest BCUT2D eigenvalue weighted by atomic mass is 10.2. The molecule has 2 aromatic rings. The van der Waals surface area contributed by atoms with E-state index >= 15 is 0 Å². The minimum atomic E-state index is -0.791. The van der Waals surface area contributed by atoms with E-state index in [0.717, 1.165) is 5.56 Å². The SMILES string of the molecule is CC(Oc1ccccc1F)C(=O)NC(C)c1cn[nH]c1. The van der Waals surface area contributed by atoms with Crippen molar-refractivity contribution in [3.63, 3.8) is 0 Å². The van der Waals surface area contributed by atoms with E-state index < -0.39 is 11.9 Å². The maximum Gasteiger partial charge on any atom is 0.261 e. The minimum Gasteiger partial charge on any atom is -0.478 e. The van der Waals surface area contributed by atoms with Gasteiger partial charge in [-0.15, -0.1) is 0 Å². The molecule has 106 valence electrons. The summed E-state index contributed by atoms with van der Waals surface area (Å²) in [6.45, 7) is 3.41. The summed E-state index contributed by atoms with van der Waals surface area (Å²) < 4.78 is 18.7. The summed E-state index contributed by atoms with van der Waals surface area (Å²) in [5.41, 5.74) is 0.858. The highest BCUT2D eigenvalue weighted by Crippen LogP contribution is 2.17. The van der Waals surface area contributed by atoms with Gasteiger partial charge >= 0.3 is 0 Å². The van der Waals surface area contributed by atoms with Crippen molar-refractivity contribution in [2.24, 2.45) is 0 Å². The fourth-order valence-corrected chi connectivity index (χ4v) is 1.70. The van der Waals surface area contributed by atoms with Gasteiger partial charge in [-0.1, -0.05) is 12.1 Å². The molecule has 5 nitrogen and oxygen atoms in total. The van der Waals surface area contributed by atoms with E-state index in [2.05, 4.69) is 15.5 Å². The predicted molar refractivity (Wildman–Crippen MR) is 71.6 cm³/mol. The van der Waals surface area contributed by atoms with E-state index in [0.29, 0.717) is 0 Å². The van der Waals surface area contributed by atoms with Crippen LogP contribution in [0.25, 0.3) is 0 Å². The first-order chi connectivity index (χ1) is 9.58. The van der Waals surface area contributed by atoms with Crippen LogP contribution in [0.2, 0.25) is 0 Å². The molecule has 1 heterocycles. The number of halogens is 1. The summed E-state index contributed by atoms with van der Waals surface area (Å²) in [6, 6.07) is 5.78. The van der Waals surface area contributed by atoms with Gasteiger partial charge in [-0.25, -0.2) is 4.39 Å².